The van der Waals surface area contributed by atoms with Crippen LogP contribution in [0.3, 0.4) is 0 Å². The summed E-state index contributed by atoms with van der Waals surface area (Å²) in [6.07, 6.45) is 6.80. The van der Waals surface area contributed by atoms with Crippen molar-refractivity contribution in [2.45, 2.75) is 51.4 Å². The minimum Gasteiger partial charge on any atom is -0.228 e. The van der Waals surface area contributed by atoms with Gasteiger partial charge in [-0.25, -0.2) is 9.97 Å². The molecule has 0 aliphatic heterocycles. The topological polar surface area (TPSA) is 25.8 Å². The molecular formula is C46H40N2S. The molecule has 0 radical (unpaired) electrons. The Morgan fingerprint density at radius 1 is 0.653 bits per heavy atom. The van der Waals surface area contributed by atoms with Crippen molar-refractivity contribution in [1.29, 1.82) is 0 Å². The van der Waals surface area contributed by atoms with Gasteiger partial charge in [-0.2, -0.15) is 0 Å². The zero-order valence-corrected chi connectivity index (χ0v) is 29.0. The number of fused-ring (bicyclic) bond motifs is 12. The van der Waals surface area contributed by atoms with E-state index in [1.807, 2.05) is 11.3 Å². The van der Waals surface area contributed by atoms with Crippen LogP contribution in [0.2, 0.25) is 0 Å². The van der Waals surface area contributed by atoms with Gasteiger partial charge < -0.3 is 0 Å². The van der Waals surface area contributed by atoms with Gasteiger partial charge in [0.2, 0.25) is 0 Å². The summed E-state index contributed by atoms with van der Waals surface area (Å²) in [5, 5.41) is 2.75. The summed E-state index contributed by atoms with van der Waals surface area (Å²) in [5.74, 6) is 3.80. The van der Waals surface area contributed by atoms with Gasteiger partial charge in [-0.15, -0.1) is 11.3 Å². The van der Waals surface area contributed by atoms with Crippen LogP contribution in [-0.2, 0) is 5.41 Å². The maximum Gasteiger partial charge on any atom is 0.160 e. The first kappa shape index (κ1) is 29.3. The number of rotatable bonds is 4. The van der Waals surface area contributed by atoms with E-state index in [1.165, 1.54) is 63.4 Å². The molecule has 5 unspecified atom stereocenters. The highest BCUT2D eigenvalue weighted by Crippen LogP contribution is 2.66. The molecule has 10 rings (SSSR count). The first-order valence-corrected chi connectivity index (χ1v) is 19.0. The van der Waals surface area contributed by atoms with Crippen LogP contribution in [0.25, 0.3) is 65.2 Å². The SMILES string of the molecule is CCC1CC2CC(C)C3(c4ccccc4-c4ccc5c(sc6cc(-c7nc(-c8ccccc8)cc(-c8ccccc8)n7)ccc65)c43)C(C1)C2. The normalized spacial score (nSPS) is 24.0. The van der Waals surface area contributed by atoms with Crippen LogP contribution in [0.15, 0.2) is 121 Å². The first-order chi connectivity index (χ1) is 24.1. The standard InChI is InChI=1S/C46H40N2S/c1-3-29-23-30-22-28(2)46(34(24-29)25-30)39-17-11-10-16-35(39)37-20-21-38-36-19-18-33(26-42(36)49-44(38)43(37)46)45-47-40(31-12-6-4-7-13-31)27-41(48-45)32-14-8-5-9-15-32/h4-21,26-30,34H,3,22-25H2,1-2H3. The number of thiophene rings is 1. The summed E-state index contributed by atoms with van der Waals surface area (Å²) in [6, 6.07) is 44.3. The van der Waals surface area contributed by atoms with Crippen molar-refractivity contribution in [3.8, 4) is 45.0 Å². The average molecular weight is 653 g/mol. The van der Waals surface area contributed by atoms with E-state index in [0.29, 0.717) is 11.8 Å². The molecular weight excluding hydrogens is 613 g/mol. The van der Waals surface area contributed by atoms with Crippen molar-refractivity contribution in [2.75, 3.05) is 0 Å². The van der Waals surface area contributed by atoms with Gasteiger partial charge >= 0.3 is 0 Å². The Morgan fingerprint density at radius 3 is 2.08 bits per heavy atom. The fourth-order valence-electron chi connectivity index (χ4n) is 10.4. The molecule has 5 atom stereocenters. The molecule has 3 aliphatic rings. The maximum absolute atomic E-state index is 5.17. The predicted octanol–water partition coefficient (Wildman–Crippen LogP) is 12.6. The van der Waals surface area contributed by atoms with E-state index in [1.54, 1.807) is 11.1 Å². The van der Waals surface area contributed by atoms with Crippen molar-refractivity contribution in [2.24, 2.45) is 23.7 Å². The molecule has 2 fully saturated rings. The Balaban J connectivity index is 1.17. The molecule has 2 nitrogen and oxygen atoms in total. The smallest absolute Gasteiger partial charge is 0.160 e. The lowest BCUT2D eigenvalue weighted by atomic mass is 9.49. The van der Waals surface area contributed by atoms with Gasteiger partial charge in [0.05, 0.1) is 11.4 Å². The molecule has 5 aromatic carbocycles. The quantitative estimate of drug-likeness (QED) is 0.189. The lowest BCUT2D eigenvalue weighted by Gasteiger charge is -2.54. The molecule has 240 valence electrons. The van der Waals surface area contributed by atoms with Gasteiger partial charge in [-0.1, -0.05) is 129 Å². The van der Waals surface area contributed by atoms with Gasteiger partial charge in [0.15, 0.2) is 5.82 Å². The highest BCUT2D eigenvalue weighted by molar-refractivity contribution is 7.26. The number of hydrogen-bond donors (Lipinski definition) is 0. The lowest BCUT2D eigenvalue weighted by Crippen LogP contribution is -2.49. The molecule has 7 aromatic rings. The number of aromatic nitrogens is 2. The first-order valence-electron chi connectivity index (χ1n) is 18.2. The molecule has 1 spiro atoms. The van der Waals surface area contributed by atoms with Gasteiger partial charge in [-0.05, 0) is 83.7 Å². The molecule has 2 saturated carbocycles. The van der Waals surface area contributed by atoms with E-state index in [0.717, 1.165) is 45.7 Å². The summed E-state index contributed by atoms with van der Waals surface area (Å²) in [7, 11) is 0. The second-order valence-electron chi connectivity index (χ2n) is 15.0. The highest BCUT2D eigenvalue weighted by Gasteiger charge is 2.57. The maximum atomic E-state index is 5.17. The summed E-state index contributed by atoms with van der Waals surface area (Å²) < 4.78 is 2.81. The molecule has 2 heterocycles. The predicted molar refractivity (Wildman–Crippen MR) is 206 cm³/mol. The van der Waals surface area contributed by atoms with E-state index in [-0.39, 0.29) is 5.41 Å². The summed E-state index contributed by atoms with van der Waals surface area (Å²) in [4.78, 5) is 10.3. The van der Waals surface area contributed by atoms with E-state index in [4.69, 9.17) is 9.97 Å². The van der Waals surface area contributed by atoms with Crippen LogP contribution in [0.4, 0.5) is 0 Å². The Hall–Kier alpha value is -4.60. The molecule has 3 heteroatoms. The van der Waals surface area contributed by atoms with Crippen LogP contribution < -0.4 is 0 Å². The van der Waals surface area contributed by atoms with Crippen LogP contribution in [0, 0.1) is 23.7 Å². The van der Waals surface area contributed by atoms with Gasteiger partial charge in [0, 0.05) is 42.3 Å². The van der Waals surface area contributed by atoms with Crippen LogP contribution >= 0.6 is 11.3 Å². The Kier molecular flexibility index (Phi) is 6.71. The third-order valence-corrected chi connectivity index (χ3v) is 13.6. The minimum atomic E-state index is 0.0805. The lowest BCUT2D eigenvalue weighted by molar-refractivity contribution is 0.0376. The minimum absolute atomic E-state index is 0.0805. The number of benzene rings is 5. The molecule has 2 bridgehead atoms. The van der Waals surface area contributed by atoms with Crippen LogP contribution in [0.1, 0.15) is 57.1 Å². The second-order valence-corrected chi connectivity index (χ2v) is 16.0. The highest BCUT2D eigenvalue weighted by atomic mass is 32.1. The van der Waals surface area contributed by atoms with Crippen molar-refractivity contribution < 1.29 is 0 Å². The summed E-state index contributed by atoms with van der Waals surface area (Å²) in [6.45, 7) is 5.01. The van der Waals surface area contributed by atoms with Gasteiger partial charge in [-0.3, -0.25) is 0 Å². The third-order valence-electron chi connectivity index (χ3n) is 12.4. The zero-order chi connectivity index (χ0) is 32.7. The summed E-state index contributed by atoms with van der Waals surface area (Å²) in [5.41, 5.74) is 11.4. The van der Waals surface area contributed by atoms with E-state index in [2.05, 4.69) is 135 Å². The number of nitrogens with zero attached hydrogens (tertiary/aromatic N) is 2. The van der Waals surface area contributed by atoms with Crippen molar-refractivity contribution >= 4 is 31.5 Å². The Bertz CT molecular complexity index is 2310. The molecule has 3 aliphatic carbocycles. The van der Waals surface area contributed by atoms with E-state index < -0.39 is 0 Å². The Morgan fingerprint density at radius 2 is 1.35 bits per heavy atom. The molecule has 0 amide bonds. The molecule has 0 saturated heterocycles. The summed E-state index contributed by atoms with van der Waals surface area (Å²) >= 11 is 2.00. The monoisotopic (exact) mass is 652 g/mol. The third kappa shape index (κ3) is 4.37. The van der Waals surface area contributed by atoms with Gasteiger partial charge in [0.1, 0.15) is 0 Å². The van der Waals surface area contributed by atoms with Crippen molar-refractivity contribution in [3.05, 3.63) is 132 Å². The molecule has 0 N–H and O–H groups in total. The number of hydrogen-bond acceptors (Lipinski definition) is 3. The molecule has 2 aromatic heterocycles. The van der Waals surface area contributed by atoms with Crippen molar-refractivity contribution in [1.82, 2.24) is 9.97 Å². The zero-order valence-electron chi connectivity index (χ0n) is 28.2. The Labute approximate surface area is 292 Å². The van der Waals surface area contributed by atoms with Crippen LogP contribution in [0.5, 0.6) is 0 Å². The van der Waals surface area contributed by atoms with E-state index in [9.17, 15) is 0 Å². The second kappa shape index (κ2) is 11.2. The van der Waals surface area contributed by atoms with Crippen LogP contribution in [-0.4, -0.2) is 9.97 Å². The average Bonchev–Trinajstić information content (AvgIpc) is 3.68. The van der Waals surface area contributed by atoms with E-state index >= 15 is 0 Å². The molecule has 49 heavy (non-hydrogen) atoms. The van der Waals surface area contributed by atoms with Crippen molar-refractivity contribution in [3.63, 3.8) is 0 Å². The largest absolute Gasteiger partial charge is 0.228 e. The fourth-order valence-corrected chi connectivity index (χ4v) is 11.8. The fraction of sp³-hybridized carbons (Fsp3) is 0.261. The van der Waals surface area contributed by atoms with Gasteiger partial charge in [0.25, 0.3) is 0 Å².